The lowest BCUT2D eigenvalue weighted by molar-refractivity contribution is -0.290. The van der Waals surface area contributed by atoms with Gasteiger partial charge in [0, 0.05) is 0 Å². The molecule has 2 heterocycles. The molecule has 3 rings (SSSR count). The number of hydrogen-bond donors (Lipinski definition) is 1. The van der Waals surface area contributed by atoms with E-state index in [4.69, 9.17) is 4.74 Å². The van der Waals surface area contributed by atoms with Gasteiger partial charge in [0.25, 0.3) is 5.56 Å². The molecule has 12 heteroatoms. The van der Waals surface area contributed by atoms with Gasteiger partial charge in [-0.15, -0.1) is 0 Å². The molecule has 0 radical (unpaired) electrons. The second-order valence-electron chi connectivity index (χ2n) is 6.42. The summed E-state index contributed by atoms with van der Waals surface area (Å²) in [6, 6.07) is 4.72. The molecule has 1 aromatic heterocycles. The van der Waals surface area contributed by atoms with Crippen molar-refractivity contribution in [3.63, 3.8) is 0 Å². The monoisotopic (exact) mass is 433 g/mol. The number of alkyl halides is 5. The van der Waals surface area contributed by atoms with Crippen LogP contribution < -0.4 is 20.3 Å². The third-order valence-electron chi connectivity index (χ3n) is 4.11. The molecule has 1 amide bonds. The molecule has 1 aliphatic rings. The lowest BCUT2D eigenvalue weighted by Crippen LogP contribution is -2.41. The molecule has 162 valence electrons. The first-order chi connectivity index (χ1) is 14.0. The maximum absolute atomic E-state index is 13.0. The first-order valence-corrected chi connectivity index (χ1v) is 8.80. The first-order valence-electron chi connectivity index (χ1n) is 8.80. The summed E-state index contributed by atoms with van der Waals surface area (Å²) in [5, 5.41) is 2.46. The van der Waals surface area contributed by atoms with Gasteiger partial charge in [0.1, 0.15) is 11.6 Å². The van der Waals surface area contributed by atoms with Gasteiger partial charge in [0.05, 0.1) is 24.3 Å². The number of hydrogen-bond acceptors (Lipinski definition) is 5. The molecule has 0 saturated carbocycles. The second kappa shape index (κ2) is 7.92. The highest BCUT2D eigenvalue weighted by Gasteiger charge is 2.58. The fourth-order valence-electron chi connectivity index (χ4n) is 2.60. The summed E-state index contributed by atoms with van der Waals surface area (Å²) >= 11 is 0. The van der Waals surface area contributed by atoms with Crippen LogP contribution in [0.4, 0.5) is 27.8 Å². The van der Waals surface area contributed by atoms with E-state index in [0.717, 1.165) is 16.7 Å². The summed E-state index contributed by atoms with van der Waals surface area (Å²) in [5.41, 5.74) is -0.230. The van der Waals surface area contributed by atoms with Crippen molar-refractivity contribution >= 4 is 11.7 Å². The zero-order valence-corrected chi connectivity index (χ0v) is 15.6. The largest absolute Gasteiger partial charge is 0.487 e. The quantitative estimate of drug-likeness (QED) is 0.679. The van der Waals surface area contributed by atoms with E-state index in [1.165, 1.54) is 12.1 Å². The zero-order chi connectivity index (χ0) is 22.1. The first kappa shape index (κ1) is 21.5. The van der Waals surface area contributed by atoms with Crippen molar-refractivity contribution in [3.8, 4) is 17.4 Å². The van der Waals surface area contributed by atoms with E-state index < -0.39 is 30.2 Å². The van der Waals surface area contributed by atoms with E-state index in [0.29, 0.717) is 6.42 Å². The number of ether oxygens (including phenoxy) is 2. The average Bonchev–Trinajstić information content (AvgIpc) is 3.05. The van der Waals surface area contributed by atoms with E-state index in [1.54, 1.807) is 0 Å². The fraction of sp³-hybridized carbons (Fsp3) is 0.389. The molecule has 0 saturated heterocycles. The molecule has 2 aromatic rings. The number of rotatable bonds is 7. The maximum atomic E-state index is 13.0. The standard InChI is InChI=1S/C18H16F5N3O4/c1-2-7-29-16-25-14-12(8-13(27)24-14)15(28)26(16)10-3-5-11(6-4-10)30-9-17(19,20)18(21,22)23/h3-6H,2,7-9H2,1H3,(H,24,27). The lowest BCUT2D eigenvalue weighted by atomic mass is 10.2. The molecule has 1 N–H and O–H groups in total. The van der Waals surface area contributed by atoms with E-state index in [1.807, 2.05) is 6.92 Å². The zero-order valence-electron chi connectivity index (χ0n) is 15.6. The molecule has 1 aliphatic heterocycles. The van der Waals surface area contributed by atoms with Crippen LogP contribution in [0.25, 0.3) is 5.69 Å². The van der Waals surface area contributed by atoms with Crippen molar-refractivity contribution in [1.82, 2.24) is 9.55 Å². The number of amides is 1. The van der Waals surface area contributed by atoms with Gasteiger partial charge < -0.3 is 14.8 Å². The minimum absolute atomic E-state index is 0.0972. The van der Waals surface area contributed by atoms with Gasteiger partial charge >= 0.3 is 18.1 Å². The lowest BCUT2D eigenvalue weighted by Gasteiger charge is -2.20. The highest BCUT2D eigenvalue weighted by atomic mass is 19.4. The Morgan fingerprint density at radius 3 is 2.37 bits per heavy atom. The number of carbonyl (C=O) groups is 1. The number of fused-ring (bicyclic) bond motifs is 1. The molecule has 30 heavy (non-hydrogen) atoms. The van der Waals surface area contributed by atoms with Crippen LogP contribution in [-0.4, -0.2) is 40.8 Å². The summed E-state index contributed by atoms with van der Waals surface area (Å²) < 4.78 is 73.8. The second-order valence-corrected chi connectivity index (χ2v) is 6.42. The Balaban J connectivity index is 1.90. The molecular formula is C18H16F5N3O4. The molecule has 0 fully saturated rings. The maximum Gasteiger partial charge on any atom is 0.456 e. The predicted molar refractivity (Wildman–Crippen MR) is 94.5 cm³/mol. The average molecular weight is 433 g/mol. The number of nitrogens with zero attached hydrogens (tertiary/aromatic N) is 2. The Hall–Kier alpha value is -3.18. The number of benzene rings is 1. The Kier molecular flexibility index (Phi) is 5.68. The van der Waals surface area contributed by atoms with E-state index >= 15 is 0 Å². The van der Waals surface area contributed by atoms with Crippen LogP contribution in [-0.2, 0) is 11.2 Å². The third kappa shape index (κ3) is 4.21. The molecule has 0 atom stereocenters. The highest BCUT2D eigenvalue weighted by molar-refractivity contribution is 5.97. The van der Waals surface area contributed by atoms with Gasteiger partial charge in [0.15, 0.2) is 6.61 Å². The summed E-state index contributed by atoms with van der Waals surface area (Å²) in [7, 11) is 0. The van der Waals surface area contributed by atoms with Crippen molar-refractivity contribution in [2.24, 2.45) is 0 Å². The molecule has 0 aliphatic carbocycles. The Bertz CT molecular complexity index is 1000. The Labute approximate surface area is 166 Å². The van der Waals surface area contributed by atoms with E-state index in [-0.39, 0.29) is 41.9 Å². The summed E-state index contributed by atoms with van der Waals surface area (Å²) in [4.78, 5) is 28.6. The molecule has 7 nitrogen and oxygen atoms in total. The molecular weight excluding hydrogens is 417 g/mol. The number of carbonyl (C=O) groups excluding carboxylic acids is 1. The smallest absolute Gasteiger partial charge is 0.456 e. The van der Waals surface area contributed by atoms with Gasteiger partial charge in [-0.2, -0.15) is 26.9 Å². The molecule has 0 bridgehead atoms. The van der Waals surface area contributed by atoms with Crippen molar-refractivity contribution in [2.75, 3.05) is 18.5 Å². The van der Waals surface area contributed by atoms with Crippen LogP contribution in [0.3, 0.4) is 0 Å². The van der Waals surface area contributed by atoms with Crippen LogP contribution in [0.5, 0.6) is 11.8 Å². The topological polar surface area (TPSA) is 82.4 Å². The van der Waals surface area contributed by atoms with Crippen molar-refractivity contribution < 1.29 is 36.2 Å². The van der Waals surface area contributed by atoms with E-state index in [2.05, 4.69) is 15.0 Å². The summed E-state index contributed by atoms with van der Waals surface area (Å²) in [6.07, 6.45) is -5.28. The van der Waals surface area contributed by atoms with Crippen LogP contribution in [0.2, 0.25) is 0 Å². The van der Waals surface area contributed by atoms with Gasteiger partial charge in [-0.25, -0.2) is 4.57 Å². The Morgan fingerprint density at radius 2 is 1.77 bits per heavy atom. The molecule has 1 aromatic carbocycles. The molecule has 0 unspecified atom stereocenters. The van der Waals surface area contributed by atoms with Gasteiger partial charge in [-0.1, -0.05) is 6.92 Å². The highest BCUT2D eigenvalue weighted by Crippen LogP contribution is 2.35. The minimum Gasteiger partial charge on any atom is -0.487 e. The van der Waals surface area contributed by atoms with Crippen molar-refractivity contribution in [3.05, 3.63) is 40.2 Å². The number of nitrogens with one attached hydrogen (secondary N) is 1. The predicted octanol–water partition coefficient (Wildman–Crippen LogP) is 3.09. The van der Waals surface area contributed by atoms with Crippen LogP contribution >= 0.6 is 0 Å². The third-order valence-corrected chi connectivity index (χ3v) is 4.11. The number of aromatic nitrogens is 2. The van der Waals surface area contributed by atoms with E-state index in [9.17, 15) is 31.5 Å². The summed E-state index contributed by atoms with van der Waals surface area (Å²) in [5.74, 6) is -5.56. The molecule has 0 spiro atoms. The van der Waals surface area contributed by atoms with Crippen molar-refractivity contribution in [2.45, 2.75) is 31.9 Å². The summed E-state index contributed by atoms with van der Waals surface area (Å²) in [6.45, 7) is 0.183. The van der Waals surface area contributed by atoms with Crippen molar-refractivity contribution in [1.29, 1.82) is 0 Å². The fourth-order valence-corrected chi connectivity index (χ4v) is 2.60. The number of anilines is 1. The van der Waals surface area contributed by atoms with Crippen LogP contribution in [0.15, 0.2) is 29.1 Å². The van der Waals surface area contributed by atoms with Gasteiger partial charge in [0.2, 0.25) is 5.91 Å². The van der Waals surface area contributed by atoms with Gasteiger partial charge in [-0.05, 0) is 30.7 Å². The minimum atomic E-state index is -5.73. The SMILES string of the molecule is CCCOc1nc2c(c(=O)n1-c1ccc(OCC(F)(F)C(F)(F)F)cc1)CC(=O)N2. The van der Waals surface area contributed by atoms with Crippen LogP contribution in [0, 0.1) is 0 Å². The van der Waals surface area contributed by atoms with Crippen LogP contribution in [0.1, 0.15) is 18.9 Å². The van der Waals surface area contributed by atoms with Gasteiger partial charge in [-0.3, -0.25) is 9.59 Å². The number of halogens is 5. The Morgan fingerprint density at radius 1 is 1.10 bits per heavy atom. The normalized spacial score (nSPS) is 13.7.